The van der Waals surface area contributed by atoms with Gasteiger partial charge in [0.1, 0.15) is 5.78 Å². The lowest BCUT2D eigenvalue weighted by Gasteiger charge is -2.62. The fourth-order valence-electron chi connectivity index (χ4n) is 10.2. The van der Waals surface area contributed by atoms with Gasteiger partial charge in [-0.05, 0) is 60.2 Å². The Morgan fingerprint density at radius 2 is 2.09 bits per heavy atom. The van der Waals surface area contributed by atoms with Crippen molar-refractivity contribution in [3.8, 4) is 0 Å². The highest BCUT2D eigenvalue weighted by Gasteiger charge is 2.87. The molecule has 116 valence electrons. The van der Waals surface area contributed by atoms with Crippen molar-refractivity contribution >= 4 is 5.78 Å². The molecule has 9 rings (SSSR count). The van der Waals surface area contributed by atoms with Crippen LogP contribution in [0, 0.1) is 39.9 Å². The molecular weight excluding hydrogens is 270 g/mol. The first-order valence-electron chi connectivity index (χ1n) is 9.45. The number of piperidine rings is 2. The molecule has 0 aromatic rings. The first-order valence-corrected chi connectivity index (χ1v) is 9.45. The molecule has 1 unspecified atom stereocenters. The van der Waals surface area contributed by atoms with Crippen molar-refractivity contribution < 1.29 is 4.79 Å². The SMILES string of the molecule is C=C1C[C@@]23C[C@H]4[C@@H]5[C@@]6(C)CC(=O)C[C@@]57[C@@H]2C[C@@H]1C[C@@H]3[C@H]7N4C6. The molecule has 22 heavy (non-hydrogen) atoms. The highest BCUT2D eigenvalue weighted by Crippen LogP contribution is 2.86. The molecule has 10 atom stereocenters. The third kappa shape index (κ3) is 0.837. The van der Waals surface area contributed by atoms with Gasteiger partial charge in [0.05, 0.1) is 0 Å². The van der Waals surface area contributed by atoms with Crippen molar-refractivity contribution in [2.45, 2.75) is 57.5 Å². The maximum atomic E-state index is 12.7. The minimum Gasteiger partial charge on any atom is -0.300 e. The first-order chi connectivity index (χ1) is 10.5. The van der Waals surface area contributed by atoms with Crippen molar-refractivity contribution in [1.82, 2.24) is 4.90 Å². The van der Waals surface area contributed by atoms with Crippen molar-refractivity contribution in [2.24, 2.45) is 39.9 Å². The summed E-state index contributed by atoms with van der Waals surface area (Å²) >= 11 is 0. The van der Waals surface area contributed by atoms with E-state index in [4.69, 9.17) is 0 Å². The molecule has 0 aromatic carbocycles. The van der Waals surface area contributed by atoms with Gasteiger partial charge < -0.3 is 0 Å². The van der Waals surface area contributed by atoms with Gasteiger partial charge in [-0.2, -0.15) is 0 Å². The number of allylic oxidation sites excluding steroid dienone is 1. The number of ketones is 1. The molecule has 0 aromatic heterocycles. The predicted molar refractivity (Wildman–Crippen MR) is 83.1 cm³/mol. The summed E-state index contributed by atoms with van der Waals surface area (Å²) in [4.78, 5) is 15.7. The Labute approximate surface area is 132 Å². The Morgan fingerprint density at radius 1 is 1.23 bits per heavy atom. The number of carbonyl (C=O) groups is 1. The molecule has 2 heteroatoms. The summed E-state index contributed by atoms with van der Waals surface area (Å²) in [6, 6.07) is 1.59. The highest BCUT2D eigenvalue weighted by molar-refractivity contribution is 5.82. The summed E-state index contributed by atoms with van der Waals surface area (Å²) in [5.41, 5.74) is 2.84. The molecule has 2 nitrogen and oxygen atoms in total. The maximum Gasteiger partial charge on any atom is 0.134 e. The molecule has 0 amide bonds. The number of carbonyl (C=O) groups excluding carboxylic acids is 1. The Hall–Kier alpha value is -0.630. The number of fused-ring (bicyclic) bond motifs is 1. The molecular formula is C20H25NO. The Morgan fingerprint density at radius 3 is 2.95 bits per heavy atom. The van der Waals surface area contributed by atoms with Crippen LogP contribution in [-0.4, -0.2) is 29.3 Å². The maximum absolute atomic E-state index is 12.7. The van der Waals surface area contributed by atoms with E-state index in [0.717, 1.165) is 48.6 Å². The second-order valence-corrected chi connectivity index (χ2v) is 10.4. The molecule has 2 spiro atoms. The average Bonchev–Trinajstić information content (AvgIpc) is 2.83. The second-order valence-electron chi connectivity index (χ2n) is 10.4. The van der Waals surface area contributed by atoms with Crippen LogP contribution in [-0.2, 0) is 4.79 Å². The van der Waals surface area contributed by atoms with Crippen LogP contribution in [0.5, 0.6) is 0 Å². The van der Waals surface area contributed by atoms with Crippen LogP contribution < -0.4 is 0 Å². The fraction of sp³-hybridized carbons (Fsp3) is 0.850. The van der Waals surface area contributed by atoms with E-state index in [1.54, 1.807) is 5.57 Å². The summed E-state index contributed by atoms with van der Waals surface area (Å²) in [6.45, 7) is 8.14. The molecule has 9 fully saturated rings. The van der Waals surface area contributed by atoms with Crippen LogP contribution in [0.3, 0.4) is 0 Å². The number of nitrogens with zero attached hydrogens (tertiary/aromatic N) is 1. The van der Waals surface area contributed by atoms with Crippen LogP contribution in [0.4, 0.5) is 0 Å². The smallest absolute Gasteiger partial charge is 0.134 e. The van der Waals surface area contributed by atoms with Gasteiger partial charge in [-0.3, -0.25) is 9.69 Å². The van der Waals surface area contributed by atoms with Gasteiger partial charge in [0.25, 0.3) is 0 Å². The van der Waals surface area contributed by atoms with E-state index in [2.05, 4.69) is 18.4 Å². The minimum atomic E-state index is 0.311. The van der Waals surface area contributed by atoms with Crippen molar-refractivity contribution in [3.05, 3.63) is 12.2 Å². The van der Waals surface area contributed by atoms with Crippen LogP contribution >= 0.6 is 0 Å². The van der Waals surface area contributed by atoms with Crippen molar-refractivity contribution in [1.29, 1.82) is 0 Å². The zero-order valence-corrected chi connectivity index (χ0v) is 13.5. The van der Waals surface area contributed by atoms with Gasteiger partial charge in [0.15, 0.2) is 0 Å². The summed E-state index contributed by atoms with van der Waals surface area (Å²) in [5.74, 6) is 3.99. The molecule has 3 aliphatic heterocycles. The third-order valence-electron chi connectivity index (χ3n) is 9.94. The van der Waals surface area contributed by atoms with E-state index in [1.165, 1.54) is 32.2 Å². The van der Waals surface area contributed by atoms with Crippen LogP contribution in [0.15, 0.2) is 12.2 Å². The van der Waals surface area contributed by atoms with Gasteiger partial charge in [0.2, 0.25) is 0 Å². The molecule has 6 saturated carbocycles. The number of hydrogen-bond donors (Lipinski definition) is 0. The lowest BCUT2D eigenvalue weighted by molar-refractivity contribution is -0.147. The van der Waals surface area contributed by atoms with Crippen LogP contribution in [0.25, 0.3) is 0 Å². The molecule has 9 bridgehead atoms. The molecule has 3 saturated heterocycles. The van der Waals surface area contributed by atoms with E-state index in [9.17, 15) is 4.79 Å². The zero-order chi connectivity index (χ0) is 14.6. The Kier molecular flexibility index (Phi) is 1.56. The van der Waals surface area contributed by atoms with E-state index >= 15 is 0 Å². The van der Waals surface area contributed by atoms with Crippen molar-refractivity contribution in [2.75, 3.05) is 6.54 Å². The van der Waals surface area contributed by atoms with E-state index in [-0.39, 0.29) is 0 Å². The monoisotopic (exact) mass is 295 g/mol. The predicted octanol–water partition coefficient (Wildman–Crippen LogP) is 3.03. The number of hydrogen-bond acceptors (Lipinski definition) is 2. The quantitative estimate of drug-likeness (QED) is 0.640. The Balaban J connectivity index is 1.53. The van der Waals surface area contributed by atoms with Gasteiger partial charge in [0, 0.05) is 36.9 Å². The highest BCUT2D eigenvalue weighted by atomic mass is 16.1. The largest absolute Gasteiger partial charge is 0.300 e. The topological polar surface area (TPSA) is 20.3 Å². The molecule has 0 radical (unpaired) electrons. The minimum absolute atomic E-state index is 0.311. The number of rotatable bonds is 0. The van der Waals surface area contributed by atoms with Gasteiger partial charge in [-0.15, -0.1) is 0 Å². The summed E-state index contributed by atoms with van der Waals surface area (Å²) in [7, 11) is 0. The first kappa shape index (κ1) is 11.8. The van der Waals surface area contributed by atoms with Gasteiger partial charge >= 0.3 is 0 Å². The normalized spacial score (nSPS) is 71.8. The van der Waals surface area contributed by atoms with Gasteiger partial charge in [-0.1, -0.05) is 19.1 Å². The molecule has 9 aliphatic rings. The fourth-order valence-corrected chi connectivity index (χ4v) is 10.2. The summed E-state index contributed by atoms with van der Waals surface area (Å²) < 4.78 is 0. The lowest BCUT2D eigenvalue weighted by Crippen LogP contribution is -2.59. The molecule has 3 heterocycles. The third-order valence-corrected chi connectivity index (χ3v) is 9.94. The Bertz CT molecular complexity index is 683. The standard InChI is InChI=1S/C20H25NO/c1-10-5-19-8-14-16-18(2)6-12(22)7-20(16)15(19)4-11(10)3-13(19)17(20)21(14)9-18/h11,13-17H,1,3-9H2,2H3/t11-,13+,14-,15+,16+,17+,18-,19-,20+/m0/s1. The van der Waals surface area contributed by atoms with Crippen LogP contribution in [0.1, 0.15) is 45.4 Å². The second kappa shape index (κ2) is 2.90. The summed E-state index contributed by atoms with van der Waals surface area (Å²) in [5, 5.41) is 0. The molecule has 6 aliphatic carbocycles. The van der Waals surface area contributed by atoms with E-state index < -0.39 is 0 Å². The molecule has 0 N–H and O–H groups in total. The number of Topliss-reactive ketones (excluding diaryl/α,β-unsaturated/α-hetero) is 1. The average molecular weight is 295 g/mol. The van der Waals surface area contributed by atoms with E-state index in [1.807, 2.05) is 0 Å². The van der Waals surface area contributed by atoms with Crippen molar-refractivity contribution in [3.63, 3.8) is 0 Å². The van der Waals surface area contributed by atoms with Crippen LogP contribution in [0.2, 0.25) is 0 Å². The van der Waals surface area contributed by atoms with Gasteiger partial charge in [-0.25, -0.2) is 0 Å². The zero-order valence-electron chi connectivity index (χ0n) is 13.5. The lowest BCUT2D eigenvalue weighted by atomic mass is 9.41. The summed E-state index contributed by atoms with van der Waals surface area (Å²) in [6.07, 6.45) is 7.36. The van der Waals surface area contributed by atoms with E-state index in [0.29, 0.717) is 22.0 Å².